The maximum Gasteiger partial charge on any atom is 0.226 e. The Bertz CT molecular complexity index is 919. The van der Waals surface area contributed by atoms with Crippen LogP contribution in [-0.2, 0) is 24.4 Å². The van der Waals surface area contributed by atoms with Crippen molar-refractivity contribution in [1.82, 2.24) is 15.6 Å². The van der Waals surface area contributed by atoms with E-state index in [0.29, 0.717) is 31.5 Å². The molecule has 0 radical (unpaired) electrons. The highest BCUT2D eigenvalue weighted by Gasteiger charge is 2.07. The Kier molecular flexibility index (Phi) is 7.41. The zero-order valence-electron chi connectivity index (χ0n) is 17.2. The lowest BCUT2D eigenvalue weighted by Gasteiger charge is -2.12. The average Bonchev–Trinajstić information content (AvgIpc) is 3.22. The van der Waals surface area contributed by atoms with Crippen molar-refractivity contribution in [2.45, 2.75) is 39.6 Å². The van der Waals surface area contributed by atoms with E-state index in [1.807, 2.05) is 50.2 Å². The minimum Gasteiger partial charge on any atom is -0.444 e. The number of rotatable bonds is 8. The molecular formula is C23H28N4O2. The Balaban J connectivity index is 1.50. The molecular weight excluding hydrogens is 364 g/mol. The molecule has 3 aromatic rings. The van der Waals surface area contributed by atoms with E-state index in [2.05, 4.69) is 38.8 Å². The predicted octanol–water partition coefficient (Wildman–Crippen LogP) is 4.13. The second-order valence-corrected chi connectivity index (χ2v) is 6.97. The van der Waals surface area contributed by atoms with Gasteiger partial charge in [0, 0.05) is 19.2 Å². The topological polar surface area (TPSA) is 71.7 Å². The van der Waals surface area contributed by atoms with Crippen molar-refractivity contribution in [3.05, 3.63) is 77.7 Å². The lowest BCUT2D eigenvalue weighted by molar-refractivity contribution is 0.0657. The Hall–Kier alpha value is -3.12. The highest BCUT2D eigenvalue weighted by Crippen LogP contribution is 2.17. The van der Waals surface area contributed by atoms with Crippen LogP contribution < -0.4 is 10.6 Å². The molecule has 2 aromatic carbocycles. The van der Waals surface area contributed by atoms with Crippen molar-refractivity contribution in [2.75, 3.05) is 7.05 Å². The van der Waals surface area contributed by atoms with E-state index in [4.69, 9.17) is 9.15 Å². The van der Waals surface area contributed by atoms with E-state index in [1.54, 1.807) is 13.3 Å². The van der Waals surface area contributed by atoms with Gasteiger partial charge in [-0.15, -0.1) is 0 Å². The van der Waals surface area contributed by atoms with Crippen LogP contribution >= 0.6 is 0 Å². The molecule has 29 heavy (non-hydrogen) atoms. The van der Waals surface area contributed by atoms with Crippen molar-refractivity contribution in [1.29, 1.82) is 0 Å². The van der Waals surface area contributed by atoms with Gasteiger partial charge in [-0.25, -0.2) is 4.98 Å². The largest absolute Gasteiger partial charge is 0.444 e. The minimum absolute atomic E-state index is 0.221. The second kappa shape index (κ2) is 10.4. The molecule has 3 rings (SSSR count). The van der Waals surface area contributed by atoms with Crippen LogP contribution in [0.4, 0.5) is 0 Å². The smallest absolute Gasteiger partial charge is 0.226 e. The molecule has 0 unspecified atom stereocenters. The van der Waals surface area contributed by atoms with Crippen molar-refractivity contribution in [3.63, 3.8) is 0 Å². The average molecular weight is 393 g/mol. The molecule has 1 aromatic heterocycles. The zero-order valence-corrected chi connectivity index (χ0v) is 17.2. The lowest BCUT2D eigenvalue weighted by Crippen LogP contribution is -2.36. The fraction of sp³-hybridized carbons (Fsp3) is 0.304. The number of ether oxygens (including phenoxy) is 1. The van der Waals surface area contributed by atoms with Crippen molar-refractivity contribution in [2.24, 2.45) is 4.99 Å². The van der Waals surface area contributed by atoms with E-state index in [-0.39, 0.29) is 6.10 Å². The molecule has 0 fully saturated rings. The Morgan fingerprint density at radius 3 is 2.55 bits per heavy atom. The fourth-order valence-corrected chi connectivity index (χ4v) is 2.77. The summed E-state index contributed by atoms with van der Waals surface area (Å²) in [5, 5.41) is 6.59. The van der Waals surface area contributed by atoms with Gasteiger partial charge in [-0.3, -0.25) is 4.99 Å². The lowest BCUT2D eigenvalue weighted by atomic mass is 10.1. The molecule has 1 heterocycles. The molecule has 0 saturated heterocycles. The summed E-state index contributed by atoms with van der Waals surface area (Å²) < 4.78 is 11.3. The molecule has 6 nitrogen and oxygen atoms in total. The van der Waals surface area contributed by atoms with Crippen molar-refractivity contribution >= 4 is 5.96 Å². The quantitative estimate of drug-likeness (QED) is 0.445. The van der Waals surface area contributed by atoms with E-state index in [9.17, 15) is 0 Å². The van der Waals surface area contributed by atoms with Gasteiger partial charge in [0.1, 0.15) is 6.26 Å². The first kappa shape index (κ1) is 20.6. The van der Waals surface area contributed by atoms with Crippen LogP contribution in [0.25, 0.3) is 11.5 Å². The number of nitrogens with zero attached hydrogens (tertiary/aromatic N) is 2. The summed E-state index contributed by atoms with van der Waals surface area (Å²) in [5.41, 5.74) is 4.12. The van der Waals surface area contributed by atoms with Crippen molar-refractivity contribution in [3.8, 4) is 11.5 Å². The number of benzene rings is 2. The second-order valence-electron chi connectivity index (χ2n) is 6.97. The summed E-state index contributed by atoms with van der Waals surface area (Å²) in [7, 11) is 1.75. The van der Waals surface area contributed by atoms with Gasteiger partial charge >= 0.3 is 0 Å². The van der Waals surface area contributed by atoms with Crippen LogP contribution in [0.1, 0.15) is 30.7 Å². The third-order valence-electron chi connectivity index (χ3n) is 4.27. The highest BCUT2D eigenvalue weighted by atomic mass is 16.5. The molecule has 2 N–H and O–H groups in total. The molecule has 0 spiro atoms. The number of oxazole rings is 1. The van der Waals surface area contributed by atoms with E-state index >= 15 is 0 Å². The fourth-order valence-electron chi connectivity index (χ4n) is 2.77. The zero-order chi connectivity index (χ0) is 20.5. The van der Waals surface area contributed by atoms with Crippen LogP contribution in [0.3, 0.4) is 0 Å². The molecule has 0 bridgehead atoms. The Morgan fingerprint density at radius 2 is 1.79 bits per heavy atom. The van der Waals surface area contributed by atoms with Crippen molar-refractivity contribution < 1.29 is 9.15 Å². The Labute approximate surface area is 172 Å². The van der Waals surface area contributed by atoms with Crippen LogP contribution in [-0.4, -0.2) is 24.1 Å². The predicted molar refractivity (Wildman–Crippen MR) is 115 cm³/mol. The Morgan fingerprint density at radius 1 is 1.03 bits per heavy atom. The normalized spacial score (nSPS) is 11.7. The molecule has 0 aliphatic heterocycles. The maximum atomic E-state index is 5.68. The number of aliphatic imine (C=N–C) groups is 1. The molecule has 0 atom stereocenters. The highest BCUT2D eigenvalue weighted by molar-refractivity contribution is 5.79. The van der Waals surface area contributed by atoms with Gasteiger partial charge < -0.3 is 19.8 Å². The van der Waals surface area contributed by atoms with E-state index in [1.165, 1.54) is 5.56 Å². The summed E-state index contributed by atoms with van der Waals surface area (Å²) in [5.74, 6) is 1.32. The third kappa shape index (κ3) is 6.47. The molecule has 0 amide bonds. The summed E-state index contributed by atoms with van der Waals surface area (Å²) in [6.07, 6.45) is 1.89. The number of hydrogen-bond donors (Lipinski definition) is 2. The first-order chi connectivity index (χ1) is 14.1. The number of guanidine groups is 1. The van der Waals surface area contributed by atoms with Gasteiger partial charge in [-0.05, 0) is 37.1 Å². The summed E-state index contributed by atoms with van der Waals surface area (Å²) in [6, 6.07) is 18.2. The molecule has 0 aliphatic rings. The molecule has 0 aliphatic carbocycles. The summed E-state index contributed by atoms with van der Waals surface area (Å²) in [4.78, 5) is 8.80. The molecule has 0 saturated carbocycles. The van der Waals surface area contributed by atoms with Crippen LogP contribution in [0.5, 0.6) is 0 Å². The van der Waals surface area contributed by atoms with Gasteiger partial charge in [-0.2, -0.15) is 0 Å². The first-order valence-corrected chi connectivity index (χ1v) is 9.78. The number of hydrogen-bond acceptors (Lipinski definition) is 4. The van der Waals surface area contributed by atoms with Gasteiger partial charge in [0.15, 0.2) is 5.96 Å². The van der Waals surface area contributed by atoms with Gasteiger partial charge in [0.25, 0.3) is 0 Å². The molecule has 6 heteroatoms. The van der Waals surface area contributed by atoms with E-state index < -0.39 is 0 Å². The minimum atomic E-state index is 0.221. The third-order valence-corrected chi connectivity index (χ3v) is 4.27. The van der Waals surface area contributed by atoms with Gasteiger partial charge in [0.05, 0.1) is 24.9 Å². The first-order valence-electron chi connectivity index (χ1n) is 9.78. The number of nitrogens with one attached hydrogen (secondary N) is 2. The van der Waals surface area contributed by atoms with Crippen LogP contribution in [0.15, 0.2) is 70.3 Å². The maximum absolute atomic E-state index is 5.68. The monoisotopic (exact) mass is 392 g/mol. The summed E-state index contributed by atoms with van der Waals surface area (Å²) in [6.45, 7) is 5.90. The standard InChI is InChI=1S/C23H28N4O2/c1-17(2)28-15-19-9-7-8-18(12-19)13-25-23(24-3)26-14-21-16-29-22(27-21)20-10-5-4-6-11-20/h4-12,16-17H,13-15H2,1-3H3,(H2,24,25,26). The van der Waals surface area contributed by atoms with Crippen LogP contribution in [0, 0.1) is 0 Å². The van der Waals surface area contributed by atoms with Crippen LogP contribution in [0.2, 0.25) is 0 Å². The summed E-state index contributed by atoms with van der Waals surface area (Å²) >= 11 is 0. The van der Waals surface area contributed by atoms with Gasteiger partial charge in [0.2, 0.25) is 5.89 Å². The molecule has 152 valence electrons. The van der Waals surface area contributed by atoms with E-state index in [0.717, 1.165) is 16.8 Å². The SMILES string of the molecule is CN=C(NCc1cccc(COC(C)C)c1)NCc1coc(-c2ccccc2)n1. The van der Waals surface area contributed by atoms with Gasteiger partial charge in [-0.1, -0.05) is 42.5 Å². The number of aromatic nitrogens is 1.